The van der Waals surface area contributed by atoms with E-state index in [9.17, 15) is 0 Å². The summed E-state index contributed by atoms with van der Waals surface area (Å²) in [6.07, 6.45) is 1.09. The van der Waals surface area contributed by atoms with E-state index in [2.05, 4.69) is 5.32 Å². The normalized spacial score (nSPS) is 19.5. The summed E-state index contributed by atoms with van der Waals surface area (Å²) in [7, 11) is 5.24. The number of rotatable bonds is 8. The van der Waals surface area contributed by atoms with Crippen molar-refractivity contribution in [1.29, 1.82) is 0 Å². The second kappa shape index (κ2) is 8.22. The molecule has 0 aromatic heterocycles. The fourth-order valence-electron chi connectivity index (χ4n) is 2.50. The fourth-order valence-corrected chi connectivity index (χ4v) is 2.50. The molecule has 118 valence electrons. The van der Waals surface area contributed by atoms with Gasteiger partial charge in [-0.05, 0) is 25.6 Å². The molecule has 0 saturated carbocycles. The monoisotopic (exact) mass is 295 g/mol. The molecule has 1 saturated heterocycles. The molecule has 1 aliphatic rings. The zero-order valence-electron chi connectivity index (χ0n) is 13.1. The lowest BCUT2D eigenvalue weighted by atomic mass is 10.1. The van der Waals surface area contributed by atoms with E-state index in [1.54, 1.807) is 14.2 Å². The summed E-state index contributed by atoms with van der Waals surface area (Å²) in [4.78, 5) is 0. The van der Waals surface area contributed by atoms with Gasteiger partial charge in [-0.1, -0.05) is 0 Å². The minimum atomic E-state index is 0.0909. The second-order valence-corrected chi connectivity index (χ2v) is 5.22. The van der Waals surface area contributed by atoms with E-state index >= 15 is 0 Å². The standard InChI is InChI=1S/C16H25NO4/c1-17-15(11-21-10-12-6-7-20-9-12)14-5-4-13(18-2)8-16(14)19-3/h4-5,8,12,15,17H,6-7,9-11H2,1-3H3. The molecule has 2 rings (SSSR count). The van der Waals surface area contributed by atoms with Crippen LogP contribution in [0.25, 0.3) is 0 Å². The van der Waals surface area contributed by atoms with Gasteiger partial charge in [0.2, 0.25) is 0 Å². The van der Waals surface area contributed by atoms with Crippen molar-refractivity contribution in [3.8, 4) is 11.5 Å². The Morgan fingerprint density at radius 1 is 1.33 bits per heavy atom. The van der Waals surface area contributed by atoms with Gasteiger partial charge in [0, 0.05) is 24.2 Å². The molecule has 1 heterocycles. The van der Waals surface area contributed by atoms with Crippen molar-refractivity contribution in [2.24, 2.45) is 5.92 Å². The number of nitrogens with one attached hydrogen (secondary N) is 1. The third-order valence-corrected chi connectivity index (χ3v) is 3.83. The Kier molecular flexibility index (Phi) is 6.29. The van der Waals surface area contributed by atoms with Crippen molar-refractivity contribution >= 4 is 0 Å². The molecule has 2 atom stereocenters. The van der Waals surface area contributed by atoms with Gasteiger partial charge in [-0.15, -0.1) is 0 Å². The van der Waals surface area contributed by atoms with Crippen LogP contribution in [0.1, 0.15) is 18.0 Å². The zero-order chi connectivity index (χ0) is 15.1. The van der Waals surface area contributed by atoms with E-state index in [1.807, 2.05) is 25.2 Å². The first-order valence-corrected chi connectivity index (χ1v) is 7.33. The van der Waals surface area contributed by atoms with Crippen molar-refractivity contribution in [1.82, 2.24) is 5.32 Å². The topological polar surface area (TPSA) is 49.0 Å². The van der Waals surface area contributed by atoms with Gasteiger partial charge in [-0.2, -0.15) is 0 Å². The van der Waals surface area contributed by atoms with Crippen molar-refractivity contribution < 1.29 is 18.9 Å². The summed E-state index contributed by atoms with van der Waals surface area (Å²) in [5, 5.41) is 3.28. The van der Waals surface area contributed by atoms with Crippen LogP contribution in [0.15, 0.2) is 18.2 Å². The first-order chi connectivity index (χ1) is 10.3. The fraction of sp³-hybridized carbons (Fsp3) is 0.625. The van der Waals surface area contributed by atoms with Gasteiger partial charge in [0.1, 0.15) is 11.5 Å². The average molecular weight is 295 g/mol. The molecule has 0 spiro atoms. The van der Waals surface area contributed by atoms with E-state index in [0.717, 1.165) is 43.3 Å². The molecule has 1 aromatic rings. The molecule has 1 aliphatic heterocycles. The van der Waals surface area contributed by atoms with Crippen molar-refractivity contribution in [2.45, 2.75) is 12.5 Å². The number of ether oxygens (including phenoxy) is 4. The lowest BCUT2D eigenvalue weighted by Crippen LogP contribution is -2.24. The number of methoxy groups -OCH3 is 2. The van der Waals surface area contributed by atoms with Crippen LogP contribution in [0.2, 0.25) is 0 Å². The minimum Gasteiger partial charge on any atom is -0.497 e. The van der Waals surface area contributed by atoms with Crippen LogP contribution in [-0.2, 0) is 9.47 Å². The maximum Gasteiger partial charge on any atom is 0.127 e. The summed E-state index contributed by atoms with van der Waals surface area (Å²) >= 11 is 0. The van der Waals surface area contributed by atoms with Gasteiger partial charge in [0.05, 0.1) is 40.1 Å². The van der Waals surface area contributed by atoms with E-state index in [1.165, 1.54) is 0 Å². The Hall–Kier alpha value is -1.30. The van der Waals surface area contributed by atoms with Crippen molar-refractivity contribution in [2.75, 3.05) is 47.7 Å². The number of benzene rings is 1. The Morgan fingerprint density at radius 3 is 2.81 bits per heavy atom. The predicted octanol–water partition coefficient (Wildman–Crippen LogP) is 2.02. The van der Waals surface area contributed by atoms with E-state index in [0.29, 0.717) is 12.5 Å². The van der Waals surface area contributed by atoms with Crippen LogP contribution in [0.3, 0.4) is 0 Å². The smallest absolute Gasteiger partial charge is 0.127 e. The van der Waals surface area contributed by atoms with Crippen LogP contribution in [0, 0.1) is 5.92 Å². The molecule has 21 heavy (non-hydrogen) atoms. The molecular formula is C16H25NO4. The van der Waals surface area contributed by atoms with Crippen molar-refractivity contribution in [3.63, 3.8) is 0 Å². The molecule has 0 bridgehead atoms. The summed E-state index contributed by atoms with van der Waals surface area (Å²) in [5.41, 5.74) is 1.07. The molecule has 1 aromatic carbocycles. The molecule has 1 fully saturated rings. The van der Waals surface area contributed by atoms with E-state index in [-0.39, 0.29) is 6.04 Å². The molecule has 0 amide bonds. The van der Waals surface area contributed by atoms with Crippen LogP contribution in [0.5, 0.6) is 11.5 Å². The first-order valence-electron chi connectivity index (χ1n) is 7.33. The molecule has 5 nitrogen and oxygen atoms in total. The lowest BCUT2D eigenvalue weighted by molar-refractivity contribution is 0.0753. The van der Waals surface area contributed by atoms with Gasteiger partial charge in [0.25, 0.3) is 0 Å². The number of hydrogen-bond donors (Lipinski definition) is 1. The van der Waals surface area contributed by atoms with Gasteiger partial charge >= 0.3 is 0 Å². The van der Waals surface area contributed by atoms with Crippen LogP contribution in [-0.4, -0.2) is 47.7 Å². The Bertz CT molecular complexity index is 432. The molecular weight excluding hydrogens is 270 g/mol. The van der Waals surface area contributed by atoms with Gasteiger partial charge in [-0.3, -0.25) is 0 Å². The van der Waals surface area contributed by atoms with E-state index in [4.69, 9.17) is 18.9 Å². The molecule has 5 heteroatoms. The quantitative estimate of drug-likeness (QED) is 0.795. The molecule has 1 N–H and O–H groups in total. The number of likely N-dealkylation sites (N-methyl/N-ethyl adjacent to an activating group) is 1. The summed E-state index contributed by atoms with van der Waals surface area (Å²) in [6, 6.07) is 5.94. The van der Waals surface area contributed by atoms with Crippen molar-refractivity contribution in [3.05, 3.63) is 23.8 Å². The van der Waals surface area contributed by atoms with Crippen LogP contribution in [0.4, 0.5) is 0 Å². The minimum absolute atomic E-state index is 0.0909. The average Bonchev–Trinajstić information content (AvgIpc) is 3.04. The van der Waals surface area contributed by atoms with Gasteiger partial charge in [0.15, 0.2) is 0 Å². The second-order valence-electron chi connectivity index (χ2n) is 5.22. The Balaban J connectivity index is 1.95. The van der Waals surface area contributed by atoms with Crippen LogP contribution < -0.4 is 14.8 Å². The molecule has 2 unspecified atom stereocenters. The third-order valence-electron chi connectivity index (χ3n) is 3.83. The summed E-state index contributed by atoms with van der Waals surface area (Å²) in [6.45, 7) is 3.03. The predicted molar refractivity (Wildman–Crippen MR) is 81.1 cm³/mol. The Morgan fingerprint density at radius 2 is 2.19 bits per heavy atom. The summed E-state index contributed by atoms with van der Waals surface area (Å²) < 4.78 is 21.9. The maximum atomic E-state index is 5.85. The highest BCUT2D eigenvalue weighted by Gasteiger charge is 2.19. The van der Waals surface area contributed by atoms with Gasteiger partial charge in [-0.25, -0.2) is 0 Å². The lowest BCUT2D eigenvalue weighted by Gasteiger charge is -2.20. The van der Waals surface area contributed by atoms with Gasteiger partial charge < -0.3 is 24.3 Å². The Labute approximate surface area is 126 Å². The number of hydrogen-bond acceptors (Lipinski definition) is 5. The zero-order valence-corrected chi connectivity index (χ0v) is 13.1. The third kappa shape index (κ3) is 4.33. The molecule has 0 radical (unpaired) electrons. The van der Waals surface area contributed by atoms with Crippen LogP contribution >= 0.6 is 0 Å². The molecule has 0 aliphatic carbocycles. The summed E-state index contributed by atoms with van der Waals surface area (Å²) in [5.74, 6) is 2.12. The maximum absolute atomic E-state index is 5.85. The largest absolute Gasteiger partial charge is 0.497 e. The van der Waals surface area contributed by atoms with E-state index < -0.39 is 0 Å². The highest BCUT2D eigenvalue weighted by Crippen LogP contribution is 2.29. The highest BCUT2D eigenvalue weighted by molar-refractivity contribution is 5.42. The first kappa shape index (κ1) is 16.1. The SMILES string of the molecule is CNC(COCC1CCOC1)c1ccc(OC)cc1OC. The highest BCUT2D eigenvalue weighted by atomic mass is 16.5.